The molecule has 0 aromatic carbocycles. The lowest BCUT2D eigenvalue weighted by atomic mass is 10.1. The largest absolute Gasteiger partial charge is 0.387 e. The Morgan fingerprint density at radius 2 is 1.54 bits per heavy atom. The maximum atomic E-state index is 12.0. The van der Waals surface area contributed by atoms with E-state index in [1.165, 1.54) is 29.5 Å². The molecule has 2 saturated heterocycles. The second kappa shape index (κ2) is 9.08. The van der Waals surface area contributed by atoms with Crippen LogP contribution in [0.15, 0.2) is 29.7 Å². The van der Waals surface area contributed by atoms with Gasteiger partial charge in [-0.15, -0.1) is 0 Å². The number of nitrogens with zero attached hydrogens (tertiary/aromatic N) is 6. The van der Waals surface area contributed by atoms with Crippen LogP contribution >= 0.6 is 0 Å². The van der Waals surface area contributed by atoms with E-state index in [4.69, 9.17) is 25.7 Å². The lowest BCUT2D eigenvalue weighted by Crippen LogP contribution is -2.37. The third kappa shape index (κ3) is 4.10. The molecule has 2 fully saturated rings. The zero-order valence-electron chi connectivity index (χ0n) is 18.1. The fourth-order valence-electron chi connectivity index (χ4n) is 4.17. The Hall–Kier alpha value is -3.25. The minimum absolute atomic E-state index is 0.00869. The lowest BCUT2D eigenvalue weighted by molar-refractivity contribution is -0.0991. The normalized spacial score (nSPS) is 33.0. The molecule has 3 aromatic rings. The van der Waals surface area contributed by atoms with Crippen molar-refractivity contribution in [3.8, 4) is 0 Å². The first kappa shape index (κ1) is 23.5. The summed E-state index contributed by atoms with van der Waals surface area (Å²) in [5, 5.41) is 41.7. The van der Waals surface area contributed by atoms with Gasteiger partial charge in [-0.25, -0.2) is 19.7 Å². The minimum atomic E-state index is -1.42. The second-order valence-corrected chi connectivity index (χ2v) is 8.26. The SMILES string of the molecule is Nc1ccn([C@@H]2O[C@H](COC[C@H]3O[C@@H](n4cnc5c(N)ncnc54)[C@H](O)[C@@H]3O)[C@@H](O)[C@H]2O)c(=O)n1. The first-order chi connectivity index (χ1) is 16.8. The van der Waals surface area contributed by atoms with Crippen molar-refractivity contribution in [3.63, 3.8) is 0 Å². The number of ether oxygens (including phenoxy) is 3. The van der Waals surface area contributed by atoms with Crippen molar-refractivity contribution >= 4 is 22.8 Å². The molecule has 8 atom stereocenters. The Balaban J connectivity index is 1.21. The third-order valence-electron chi connectivity index (χ3n) is 6.03. The van der Waals surface area contributed by atoms with Crippen molar-refractivity contribution in [2.24, 2.45) is 0 Å². The topological polar surface area (TPSA) is 239 Å². The number of aliphatic hydroxyl groups excluding tert-OH is 4. The summed E-state index contributed by atoms with van der Waals surface area (Å²) in [5.74, 6) is 0.170. The van der Waals surface area contributed by atoms with E-state index in [1.54, 1.807) is 0 Å². The van der Waals surface area contributed by atoms with Gasteiger partial charge in [-0.1, -0.05) is 0 Å². The van der Waals surface area contributed by atoms with Gasteiger partial charge in [0.05, 0.1) is 19.5 Å². The molecule has 2 aliphatic heterocycles. The first-order valence-electron chi connectivity index (χ1n) is 10.6. The molecule has 188 valence electrons. The Morgan fingerprint density at radius 3 is 2.17 bits per heavy atom. The molecule has 35 heavy (non-hydrogen) atoms. The summed E-state index contributed by atoms with van der Waals surface area (Å²) < 4.78 is 19.4. The predicted molar refractivity (Wildman–Crippen MR) is 115 cm³/mol. The number of fused-ring (bicyclic) bond motifs is 1. The van der Waals surface area contributed by atoms with Crippen LogP contribution in [0.1, 0.15) is 12.5 Å². The van der Waals surface area contributed by atoms with Gasteiger partial charge in [0.25, 0.3) is 0 Å². The molecule has 16 heteroatoms. The minimum Gasteiger partial charge on any atom is -0.387 e. The van der Waals surface area contributed by atoms with Crippen molar-refractivity contribution in [3.05, 3.63) is 35.4 Å². The summed E-state index contributed by atoms with van der Waals surface area (Å²) in [6.45, 7) is -0.369. The molecule has 0 saturated carbocycles. The van der Waals surface area contributed by atoms with Crippen LogP contribution in [0.5, 0.6) is 0 Å². The van der Waals surface area contributed by atoms with E-state index in [9.17, 15) is 25.2 Å². The van der Waals surface area contributed by atoms with Crippen LogP contribution < -0.4 is 17.2 Å². The maximum absolute atomic E-state index is 12.0. The Kier molecular flexibility index (Phi) is 6.09. The number of anilines is 2. The molecule has 16 nitrogen and oxygen atoms in total. The molecular formula is C19H24N8O8. The van der Waals surface area contributed by atoms with Gasteiger partial charge < -0.3 is 46.1 Å². The molecule has 3 aromatic heterocycles. The van der Waals surface area contributed by atoms with Crippen molar-refractivity contribution in [1.82, 2.24) is 29.1 Å². The molecule has 0 aliphatic carbocycles. The quantitative estimate of drug-likeness (QED) is 0.196. The summed E-state index contributed by atoms with van der Waals surface area (Å²) in [5.41, 5.74) is 11.2. The fraction of sp³-hybridized carbons (Fsp3) is 0.526. The number of hydrogen-bond donors (Lipinski definition) is 6. The van der Waals surface area contributed by atoms with Gasteiger partial charge in [0.15, 0.2) is 23.9 Å². The van der Waals surface area contributed by atoms with Crippen LogP contribution in [0.25, 0.3) is 11.2 Å². The smallest absolute Gasteiger partial charge is 0.351 e. The van der Waals surface area contributed by atoms with Crippen LogP contribution in [0.4, 0.5) is 11.6 Å². The summed E-state index contributed by atoms with van der Waals surface area (Å²) in [6, 6.07) is 1.36. The van der Waals surface area contributed by atoms with Gasteiger partial charge in [-0.3, -0.25) is 9.13 Å². The molecule has 0 bridgehead atoms. The number of aromatic nitrogens is 6. The predicted octanol–water partition coefficient (Wildman–Crippen LogP) is -3.50. The average Bonchev–Trinajstić information content (AvgIpc) is 3.46. The highest BCUT2D eigenvalue weighted by atomic mass is 16.6. The summed E-state index contributed by atoms with van der Waals surface area (Å²) in [7, 11) is 0. The van der Waals surface area contributed by atoms with Crippen molar-refractivity contribution in [1.29, 1.82) is 0 Å². The molecular weight excluding hydrogens is 468 g/mol. The molecule has 8 N–H and O–H groups in total. The van der Waals surface area contributed by atoms with E-state index in [-0.39, 0.29) is 24.8 Å². The average molecular weight is 492 g/mol. The van der Waals surface area contributed by atoms with E-state index in [0.717, 1.165) is 4.57 Å². The zero-order chi connectivity index (χ0) is 24.9. The van der Waals surface area contributed by atoms with E-state index in [2.05, 4.69) is 19.9 Å². The monoisotopic (exact) mass is 492 g/mol. The van der Waals surface area contributed by atoms with E-state index in [0.29, 0.717) is 11.2 Å². The van der Waals surface area contributed by atoms with Gasteiger partial charge in [-0.05, 0) is 6.07 Å². The van der Waals surface area contributed by atoms with Crippen LogP contribution in [-0.4, -0.2) is 99.3 Å². The molecule has 0 amide bonds. The van der Waals surface area contributed by atoms with Crippen molar-refractivity contribution < 1.29 is 34.6 Å². The van der Waals surface area contributed by atoms with Gasteiger partial charge in [0.2, 0.25) is 0 Å². The summed E-state index contributed by atoms with van der Waals surface area (Å²) in [6.07, 6.45) is -5.61. The van der Waals surface area contributed by atoms with Crippen LogP contribution in [0.2, 0.25) is 0 Å². The zero-order valence-corrected chi connectivity index (χ0v) is 18.1. The lowest BCUT2D eigenvalue weighted by Gasteiger charge is -2.18. The van der Waals surface area contributed by atoms with E-state index >= 15 is 0 Å². The Labute approximate surface area is 196 Å². The number of hydrogen-bond acceptors (Lipinski definition) is 14. The highest BCUT2D eigenvalue weighted by Crippen LogP contribution is 2.33. The standard InChI is InChI=1S/C19H24N8O8/c20-9-1-2-26(19(32)25-9)17-13(30)11(28)7(34-17)3-33-4-8-12(29)14(31)18(35-8)27-6-24-10-15(21)22-5-23-16(10)27/h1-2,5-8,11-14,17-18,28-31H,3-4H2,(H2,20,25,32)(H2,21,22,23)/t7-,8-,11-,12-,13-,14-,17-,18-/m1/s1. The van der Waals surface area contributed by atoms with Crippen LogP contribution in [0.3, 0.4) is 0 Å². The van der Waals surface area contributed by atoms with Crippen molar-refractivity contribution in [2.75, 3.05) is 24.7 Å². The Morgan fingerprint density at radius 1 is 0.914 bits per heavy atom. The fourth-order valence-corrected chi connectivity index (χ4v) is 4.17. The second-order valence-electron chi connectivity index (χ2n) is 8.26. The molecule has 0 spiro atoms. The molecule has 2 aliphatic rings. The first-order valence-corrected chi connectivity index (χ1v) is 10.6. The van der Waals surface area contributed by atoms with Gasteiger partial charge >= 0.3 is 5.69 Å². The number of aliphatic hydroxyl groups is 4. The number of nitrogen functional groups attached to an aromatic ring is 2. The molecule has 0 radical (unpaired) electrons. The van der Waals surface area contributed by atoms with Crippen LogP contribution in [0, 0.1) is 0 Å². The Bertz CT molecular complexity index is 1270. The molecule has 5 rings (SSSR count). The highest BCUT2D eigenvalue weighted by molar-refractivity contribution is 5.81. The number of imidazole rings is 1. The molecule has 5 heterocycles. The van der Waals surface area contributed by atoms with E-state index in [1.807, 2.05) is 0 Å². The summed E-state index contributed by atoms with van der Waals surface area (Å²) >= 11 is 0. The summed E-state index contributed by atoms with van der Waals surface area (Å²) in [4.78, 5) is 27.7. The molecule has 0 unspecified atom stereocenters. The van der Waals surface area contributed by atoms with Gasteiger partial charge in [-0.2, -0.15) is 4.98 Å². The highest BCUT2D eigenvalue weighted by Gasteiger charge is 2.46. The van der Waals surface area contributed by atoms with Crippen molar-refractivity contribution in [2.45, 2.75) is 49.1 Å². The maximum Gasteiger partial charge on any atom is 0.351 e. The van der Waals surface area contributed by atoms with Gasteiger partial charge in [0, 0.05) is 6.20 Å². The number of rotatable bonds is 6. The van der Waals surface area contributed by atoms with Gasteiger partial charge in [0.1, 0.15) is 54.3 Å². The third-order valence-corrected chi connectivity index (χ3v) is 6.03. The number of nitrogens with two attached hydrogens (primary N) is 2. The van der Waals surface area contributed by atoms with E-state index < -0.39 is 54.8 Å². The van der Waals surface area contributed by atoms with Crippen LogP contribution in [-0.2, 0) is 14.2 Å².